The van der Waals surface area contributed by atoms with E-state index in [4.69, 9.17) is 26.8 Å². The van der Waals surface area contributed by atoms with Crippen molar-refractivity contribution in [1.82, 2.24) is 4.98 Å². The van der Waals surface area contributed by atoms with Gasteiger partial charge in [0.15, 0.2) is 11.5 Å². The summed E-state index contributed by atoms with van der Waals surface area (Å²) < 4.78 is 10.7. The number of hydrogen-bond donors (Lipinski definition) is 2. The molecule has 2 aromatic rings. The fourth-order valence-electron chi connectivity index (χ4n) is 2.31. The molecule has 0 atom stereocenters. The molecule has 0 aliphatic rings. The summed E-state index contributed by atoms with van der Waals surface area (Å²) in [6.07, 6.45) is 0. The number of aromatic nitrogens is 1. The van der Waals surface area contributed by atoms with Crippen molar-refractivity contribution in [3.8, 4) is 34.8 Å². The molecule has 2 rings (SSSR count). The van der Waals surface area contributed by atoms with Gasteiger partial charge in [0.2, 0.25) is 0 Å². The Labute approximate surface area is 142 Å². The topological polar surface area (TPSA) is 125 Å². The second kappa shape index (κ2) is 6.95. The molecule has 1 aromatic carbocycles. The Balaban J connectivity index is 2.90. The number of rotatable bonds is 4. The number of pyridine rings is 1. The third-order valence-electron chi connectivity index (χ3n) is 3.27. The van der Waals surface area contributed by atoms with Crippen molar-refractivity contribution in [1.29, 1.82) is 10.5 Å². The summed E-state index contributed by atoms with van der Waals surface area (Å²) in [5.74, 6) is 0.521. The summed E-state index contributed by atoms with van der Waals surface area (Å²) in [6, 6.07) is 6.73. The van der Waals surface area contributed by atoms with E-state index >= 15 is 0 Å². The Kier molecular flexibility index (Phi) is 4.98. The van der Waals surface area contributed by atoms with E-state index in [0.29, 0.717) is 23.7 Å². The van der Waals surface area contributed by atoms with Crippen molar-refractivity contribution in [2.75, 3.05) is 19.5 Å². The molecule has 0 saturated carbocycles. The number of aromatic amines is 1. The van der Waals surface area contributed by atoms with E-state index < -0.39 is 5.56 Å². The lowest BCUT2D eigenvalue weighted by molar-refractivity contribution is 0.311. The Hall–Kier alpha value is -3.16. The fraction of sp³-hybridized carbons (Fsp3) is 0.188. The number of anilines is 1. The molecule has 0 radical (unpaired) electrons. The summed E-state index contributed by atoms with van der Waals surface area (Å²) in [5.41, 5.74) is 5.23. The van der Waals surface area contributed by atoms with E-state index in [9.17, 15) is 15.3 Å². The standard InChI is InChI=1S/C16H13ClN4O3/c1-3-24-12-5-8(4-11(17)14(12)23-2)13-9(6-18)15(20)21-16(22)10(13)7-19/h4-5H,3H2,1-2H3,(H3,20,21,22). The SMILES string of the molecule is CCOc1cc(-c2c(C#N)c(N)[nH]c(=O)c2C#N)cc(Cl)c1OC. The van der Waals surface area contributed by atoms with Gasteiger partial charge in [0.25, 0.3) is 5.56 Å². The van der Waals surface area contributed by atoms with Gasteiger partial charge in [-0.15, -0.1) is 0 Å². The molecule has 0 saturated heterocycles. The lowest BCUT2D eigenvalue weighted by Gasteiger charge is -2.15. The van der Waals surface area contributed by atoms with Gasteiger partial charge in [-0.2, -0.15) is 10.5 Å². The van der Waals surface area contributed by atoms with Crippen LogP contribution in [0.15, 0.2) is 16.9 Å². The molecule has 0 fully saturated rings. The Morgan fingerprint density at radius 1 is 1.29 bits per heavy atom. The largest absolute Gasteiger partial charge is 0.491 e. The number of nitrogens with one attached hydrogen (secondary N) is 1. The number of nitrogens with zero attached hydrogens (tertiary/aromatic N) is 2. The number of H-pyrrole nitrogens is 1. The molecule has 7 nitrogen and oxygen atoms in total. The lowest BCUT2D eigenvalue weighted by Crippen LogP contribution is -2.16. The molecule has 8 heteroatoms. The van der Waals surface area contributed by atoms with Crippen LogP contribution >= 0.6 is 11.6 Å². The van der Waals surface area contributed by atoms with Gasteiger partial charge in [0, 0.05) is 5.56 Å². The van der Waals surface area contributed by atoms with Crippen LogP contribution in [-0.4, -0.2) is 18.7 Å². The van der Waals surface area contributed by atoms with Crippen LogP contribution in [0.4, 0.5) is 5.82 Å². The highest BCUT2D eigenvalue weighted by Crippen LogP contribution is 2.41. The zero-order chi connectivity index (χ0) is 17.9. The predicted octanol–water partition coefficient (Wildman–Crippen LogP) is 2.43. The molecule has 0 spiro atoms. The first-order chi connectivity index (χ1) is 11.5. The van der Waals surface area contributed by atoms with Crippen molar-refractivity contribution in [2.24, 2.45) is 0 Å². The summed E-state index contributed by atoms with van der Waals surface area (Å²) >= 11 is 6.20. The van der Waals surface area contributed by atoms with Gasteiger partial charge in [-0.25, -0.2) is 0 Å². The van der Waals surface area contributed by atoms with Crippen LogP contribution in [0.2, 0.25) is 5.02 Å². The molecule has 0 unspecified atom stereocenters. The predicted molar refractivity (Wildman–Crippen MR) is 89.1 cm³/mol. The average Bonchev–Trinajstić information content (AvgIpc) is 2.54. The number of nitriles is 2. The van der Waals surface area contributed by atoms with E-state index in [0.717, 1.165) is 0 Å². The minimum Gasteiger partial charge on any atom is -0.491 e. The number of nitrogen functional groups attached to an aromatic ring is 1. The summed E-state index contributed by atoms with van der Waals surface area (Å²) in [6.45, 7) is 2.14. The van der Waals surface area contributed by atoms with Crippen molar-refractivity contribution in [2.45, 2.75) is 6.92 Å². The van der Waals surface area contributed by atoms with E-state index in [1.165, 1.54) is 13.2 Å². The van der Waals surface area contributed by atoms with E-state index in [1.54, 1.807) is 19.1 Å². The number of nitrogens with two attached hydrogens (primary N) is 1. The maximum absolute atomic E-state index is 12.0. The van der Waals surface area contributed by atoms with Crippen molar-refractivity contribution >= 4 is 17.4 Å². The number of halogens is 1. The van der Waals surface area contributed by atoms with Crippen LogP contribution in [0.3, 0.4) is 0 Å². The first-order valence-electron chi connectivity index (χ1n) is 6.85. The quantitative estimate of drug-likeness (QED) is 0.877. The van der Waals surface area contributed by atoms with Gasteiger partial charge in [-0.05, 0) is 24.6 Å². The minimum atomic E-state index is -0.686. The van der Waals surface area contributed by atoms with Crippen molar-refractivity contribution in [3.63, 3.8) is 0 Å². The van der Waals surface area contributed by atoms with Crippen molar-refractivity contribution in [3.05, 3.63) is 38.6 Å². The van der Waals surface area contributed by atoms with Crippen LogP contribution in [0.5, 0.6) is 11.5 Å². The smallest absolute Gasteiger partial charge is 0.268 e. The van der Waals surface area contributed by atoms with Crippen LogP contribution in [0.25, 0.3) is 11.1 Å². The Bertz CT molecular complexity index is 938. The second-order valence-corrected chi connectivity index (χ2v) is 5.05. The van der Waals surface area contributed by atoms with Gasteiger partial charge in [0.05, 0.1) is 18.7 Å². The highest BCUT2D eigenvalue weighted by molar-refractivity contribution is 6.32. The summed E-state index contributed by atoms with van der Waals surface area (Å²) in [5, 5.41) is 18.9. The molecular formula is C16H13ClN4O3. The molecule has 1 heterocycles. The Morgan fingerprint density at radius 2 is 1.96 bits per heavy atom. The molecule has 0 aliphatic carbocycles. The van der Waals surface area contributed by atoms with Gasteiger partial charge in [-0.3, -0.25) is 4.79 Å². The summed E-state index contributed by atoms with van der Waals surface area (Å²) in [4.78, 5) is 14.3. The molecule has 0 amide bonds. The van der Waals surface area contributed by atoms with Gasteiger partial charge < -0.3 is 20.2 Å². The van der Waals surface area contributed by atoms with Gasteiger partial charge in [0.1, 0.15) is 29.1 Å². The zero-order valence-corrected chi connectivity index (χ0v) is 13.7. The fourth-order valence-corrected chi connectivity index (χ4v) is 2.59. The molecule has 0 aliphatic heterocycles. The van der Waals surface area contributed by atoms with E-state index in [-0.39, 0.29) is 27.5 Å². The lowest BCUT2D eigenvalue weighted by atomic mass is 9.96. The monoisotopic (exact) mass is 344 g/mol. The molecule has 122 valence electrons. The van der Waals surface area contributed by atoms with E-state index in [1.807, 2.05) is 6.07 Å². The Morgan fingerprint density at radius 3 is 2.50 bits per heavy atom. The first-order valence-corrected chi connectivity index (χ1v) is 7.22. The summed E-state index contributed by atoms with van der Waals surface area (Å²) in [7, 11) is 1.44. The van der Waals surface area contributed by atoms with Crippen LogP contribution in [-0.2, 0) is 0 Å². The third kappa shape index (κ3) is 2.85. The number of ether oxygens (including phenoxy) is 2. The molecule has 1 aromatic heterocycles. The number of methoxy groups -OCH3 is 1. The maximum Gasteiger partial charge on any atom is 0.268 e. The van der Waals surface area contributed by atoms with Crippen LogP contribution < -0.4 is 20.8 Å². The molecule has 24 heavy (non-hydrogen) atoms. The van der Waals surface area contributed by atoms with Gasteiger partial charge >= 0.3 is 0 Å². The maximum atomic E-state index is 12.0. The highest BCUT2D eigenvalue weighted by Gasteiger charge is 2.21. The van der Waals surface area contributed by atoms with Crippen molar-refractivity contribution < 1.29 is 9.47 Å². The van der Waals surface area contributed by atoms with E-state index in [2.05, 4.69) is 4.98 Å². The first kappa shape index (κ1) is 17.2. The molecular weight excluding hydrogens is 332 g/mol. The van der Waals surface area contributed by atoms with Crippen LogP contribution in [0.1, 0.15) is 18.1 Å². The third-order valence-corrected chi connectivity index (χ3v) is 3.55. The average molecular weight is 345 g/mol. The molecule has 0 bridgehead atoms. The second-order valence-electron chi connectivity index (χ2n) is 4.64. The minimum absolute atomic E-state index is 0.0187. The normalized spacial score (nSPS) is 9.88. The van der Waals surface area contributed by atoms with Crippen LogP contribution in [0, 0.1) is 22.7 Å². The molecule has 3 N–H and O–H groups in total. The van der Waals surface area contributed by atoms with Gasteiger partial charge in [-0.1, -0.05) is 11.6 Å². The number of benzene rings is 1. The number of hydrogen-bond acceptors (Lipinski definition) is 6. The highest BCUT2D eigenvalue weighted by atomic mass is 35.5. The zero-order valence-electron chi connectivity index (χ0n) is 12.9.